The Morgan fingerprint density at radius 1 is 0.975 bits per heavy atom. The zero-order chi connectivity index (χ0) is 28.8. The van der Waals surface area contributed by atoms with Crippen LogP contribution >= 0.6 is 12.2 Å². The summed E-state index contributed by atoms with van der Waals surface area (Å²) in [4.78, 5) is 34.8. The molecule has 0 aliphatic carbocycles. The van der Waals surface area contributed by atoms with Crippen molar-refractivity contribution in [2.75, 3.05) is 36.4 Å². The normalized spacial score (nSPS) is 14.1. The van der Waals surface area contributed by atoms with Gasteiger partial charge in [-0.3, -0.25) is 18.5 Å². The van der Waals surface area contributed by atoms with Gasteiger partial charge in [0.05, 0.1) is 11.4 Å². The van der Waals surface area contributed by atoms with Crippen molar-refractivity contribution in [1.82, 2.24) is 23.6 Å². The number of aromatic nitrogens is 4. The Bertz CT molecular complexity index is 1820. The summed E-state index contributed by atoms with van der Waals surface area (Å²) in [6.45, 7) is 4.78. The molecule has 4 aromatic rings. The van der Waals surface area contributed by atoms with Gasteiger partial charge in [-0.05, 0) is 49.0 Å². The average Bonchev–Trinajstić information content (AvgIpc) is 3.31. The Balaban J connectivity index is 1.39. The summed E-state index contributed by atoms with van der Waals surface area (Å²) in [5, 5.41) is 8.82. The monoisotopic (exact) mass is 582 g/mol. The van der Waals surface area contributed by atoms with Crippen LogP contribution in [0.3, 0.4) is 0 Å². The van der Waals surface area contributed by atoms with E-state index < -0.39 is 15.7 Å². The standard InChI is InChI=1S/C26H30N8O4S2/c1-17-4-6-18(7-5-17)16-34-21-22(30(2)26(36)31(3)23(21)35)29-24(34)32-12-14-33(15-13-32)25(39)28-19-8-10-20(11-9-19)40(27,37)38/h4-11H,12-16H2,1-3H3,(H,28,39)(H2,27,37,38). The molecule has 40 heavy (non-hydrogen) atoms. The maximum atomic E-state index is 13.2. The molecular formula is C26H30N8O4S2. The number of nitrogens with one attached hydrogen (secondary N) is 1. The Morgan fingerprint density at radius 3 is 2.20 bits per heavy atom. The summed E-state index contributed by atoms with van der Waals surface area (Å²) in [5.41, 5.74) is 2.71. The van der Waals surface area contributed by atoms with Gasteiger partial charge < -0.3 is 15.1 Å². The molecule has 0 saturated carbocycles. The number of nitrogens with zero attached hydrogens (tertiary/aromatic N) is 6. The zero-order valence-corrected chi connectivity index (χ0v) is 24.0. The van der Waals surface area contributed by atoms with Gasteiger partial charge in [0.2, 0.25) is 16.0 Å². The Hall–Kier alpha value is -4.01. The SMILES string of the molecule is Cc1ccc(Cn2c(N3CCN(C(=S)Nc4ccc(S(N)(=O)=O)cc4)CC3)nc3c2c(=O)n(C)c(=O)n3C)cc1. The lowest BCUT2D eigenvalue weighted by Gasteiger charge is -2.36. The first-order valence-corrected chi connectivity index (χ1v) is 14.5. The highest BCUT2D eigenvalue weighted by Crippen LogP contribution is 2.23. The van der Waals surface area contributed by atoms with Gasteiger partial charge in [-0.1, -0.05) is 29.8 Å². The Morgan fingerprint density at radius 2 is 1.60 bits per heavy atom. The van der Waals surface area contributed by atoms with E-state index in [9.17, 15) is 18.0 Å². The number of fused-ring (bicyclic) bond motifs is 1. The van der Waals surface area contributed by atoms with Crippen LogP contribution in [0, 0.1) is 6.92 Å². The highest BCUT2D eigenvalue weighted by Gasteiger charge is 2.26. The quantitative estimate of drug-likeness (QED) is 0.329. The van der Waals surface area contributed by atoms with Crippen molar-refractivity contribution in [3.8, 4) is 0 Å². The third kappa shape index (κ3) is 5.24. The average molecular weight is 583 g/mol. The lowest BCUT2D eigenvalue weighted by molar-refractivity contribution is 0.386. The summed E-state index contributed by atoms with van der Waals surface area (Å²) in [7, 11) is -0.677. The molecule has 1 saturated heterocycles. The van der Waals surface area contributed by atoms with Gasteiger partial charge in [-0.2, -0.15) is 4.98 Å². The molecule has 14 heteroatoms. The highest BCUT2D eigenvalue weighted by atomic mass is 32.2. The van der Waals surface area contributed by atoms with Gasteiger partial charge in [0, 0.05) is 46.0 Å². The minimum absolute atomic E-state index is 0.0263. The van der Waals surface area contributed by atoms with Gasteiger partial charge in [0.15, 0.2) is 16.3 Å². The second-order valence-electron chi connectivity index (χ2n) is 9.84. The topological polar surface area (TPSA) is 140 Å². The van der Waals surface area contributed by atoms with Gasteiger partial charge in [-0.15, -0.1) is 0 Å². The van der Waals surface area contributed by atoms with E-state index in [0.717, 1.165) is 15.7 Å². The van der Waals surface area contributed by atoms with Gasteiger partial charge in [0.25, 0.3) is 5.56 Å². The number of imidazole rings is 1. The summed E-state index contributed by atoms with van der Waals surface area (Å²) in [5.74, 6) is 0.617. The molecule has 0 spiro atoms. The first kappa shape index (κ1) is 27.6. The number of anilines is 2. The minimum atomic E-state index is -3.77. The lowest BCUT2D eigenvalue weighted by Crippen LogP contribution is -2.50. The van der Waals surface area contributed by atoms with E-state index in [1.54, 1.807) is 19.2 Å². The first-order chi connectivity index (χ1) is 18.9. The summed E-state index contributed by atoms with van der Waals surface area (Å²) >= 11 is 5.61. The van der Waals surface area contributed by atoms with E-state index in [2.05, 4.69) is 10.2 Å². The van der Waals surface area contributed by atoms with Crippen LogP contribution in [0.15, 0.2) is 63.0 Å². The highest BCUT2D eigenvalue weighted by molar-refractivity contribution is 7.89. The molecule has 0 atom stereocenters. The maximum Gasteiger partial charge on any atom is 0.332 e. The van der Waals surface area contributed by atoms with Crippen molar-refractivity contribution in [2.24, 2.45) is 19.2 Å². The molecule has 0 radical (unpaired) electrons. The maximum absolute atomic E-state index is 13.2. The predicted octanol–water partition coefficient (Wildman–Crippen LogP) is 0.957. The van der Waals surface area contributed by atoms with Gasteiger partial charge in [0.1, 0.15) is 0 Å². The van der Waals surface area contributed by atoms with Crippen molar-refractivity contribution in [3.05, 3.63) is 80.5 Å². The number of hydrogen-bond donors (Lipinski definition) is 2. The van der Waals surface area contributed by atoms with Crippen molar-refractivity contribution in [1.29, 1.82) is 0 Å². The number of primary sulfonamides is 1. The number of thiocarbonyl (C=S) groups is 1. The van der Waals surface area contributed by atoms with Crippen LogP contribution in [0.2, 0.25) is 0 Å². The van der Waals surface area contributed by atoms with E-state index in [1.807, 2.05) is 40.7 Å². The zero-order valence-electron chi connectivity index (χ0n) is 22.4. The number of sulfonamides is 1. The molecule has 0 bridgehead atoms. The number of aryl methyl sites for hydroxylation is 2. The molecule has 1 fully saturated rings. The molecule has 0 amide bonds. The molecule has 1 aliphatic rings. The van der Waals surface area contributed by atoms with Gasteiger partial charge in [-0.25, -0.2) is 18.4 Å². The number of hydrogen-bond acceptors (Lipinski definition) is 7. The number of nitrogens with two attached hydrogens (primary N) is 1. The molecule has 2 aromatic carbocycles. The van der Waals surface area contributed by atoms with Crippen LogP contribution in [-0.2, 0) is 30.7 Å². The third-order valence-corrected chi connectivity index (χ3v) is 8.36. The van der Waals surface area contributed by atoms with Crippen molar-refractivity contribution >= 4 is 50.2 Å². The van der Waals surface area contributed by atoms with Crippen LogP contribution < -0.4 is 26.6 Å². The summed E-state index contributed by atoms with van der Waals surface area (Å²) in [6, 6.07) is 14.2. The molecular weight excluding hydrogens is 552 g/mol. The summed E-state index contributed by atoms with van der Waals surface area (Å²) < 4.78 is 27.4. The largest absolute Gasteiger partial charge is 0.345 e. The van der Waals surface area contributed by atoms with Gasteiger partial charge >= 0.3 is 5.69 Å². The second-order valence-corrected chi connectivity index (χ2v) is 11.8. The van der Waals surface area contributed by atoms with Crippen molar-refractivity contribution in [3.63, 3.8) is 0 Å². The van der Waals surface area contributed by atoms with E-state index in [1.165, 1.54) is 23.7 Å². The van der Waals surface area contributed by atoms with E-state index in [0.29, 0.717) is 60.6 Å². The van der Waals surface area contributed by atoms with Crippen LogP contribution in [0.1, 0.15) is 11.1 Å². The lowest BCUT2D eigenvalue weighted by atomic mass is 10.1. The Labute approximate surface area is 236 Å². The van der Waals surface area contributed by atoms with Crippen LogP contribution in [-0.4, -0.2) is 63.3 Å². The molecule has 2 aromatic heterocycles. The fraction of sp³-hybridized carbons (Fsp3) is 0.308. The molecule has 1 aliphatic heterocycles. The first-order valence-electron chi connectivity index (χ1n) is 12.6. The number of rotatable bonds is 5. The fourth-order valence-corrected chi connectivity index (χ4v) is 5.56. The smallest absolute Gasteiger partial charge is 0.332 e. The van der Waals surface area contributed by atoms with E-state index in [4.69, 9.17) is 22.3 Å². The van der Waals surface area contributed by atoms with Crippen molar-refractivity contribution < 1.29 is 8.42 Å². The van der Waals surface area contributed by atoms with E-state index >= 15 is 0 Å². The second kappa shape index (κ2) is 10.5. The van der Waals surface area contributed by atoms with E-state index in [-0.39, 0.29) is 10.5 Å². The number of piperazine rings is 1. The number of benzene rings is 2. The predicted molar refractivity (Wildman–Crippen MR) is 158 cm³/mol. The Kier molecular flexibility index (Phi) is 7.25. The fourth-order valence-electron chi connectivity index (χ4n) is 4.74. The summed E-state index contributed by atoms with van der Waals surface area (Å²) in [6.07, 6.45) is 0. The molecule has 0 unspecified atom stereocenters. The molecule has 3 N–H and O–H groups in total. The molecule has 12 nitrogen and oxygen atoms in total. The molecule has 3 heterocycles. The molecule has 5 rings (SSSR count). The van der Waals surface area contributed by atoms with Crippen LogP contribution in [0.4, 0.5) is 11.6 Å². The van der Waals surface area contributed by atoms with Crippen LogP contribution in [0.5, 0.6) is 0 Å². The van der Waals surface area contributed by atoms with Crippen LogP contribution in [0.25, 0.3) is 11.2 Å². The molecule has 210 valence electrons. The van der Waals surface area contributed by atoms with Crippen molar-refractivity contribution in [2.45, 2.75) is 18.4 Å². The minimum Gasteiger partial charge on any atom is -0.345 e. The third-order valence-electron chi connectivity index (χ3n) is 7.07.